The van der Waals surface area contributed by atoms with E-state index in [0.29, 0.717) is 5.56 Å². The standard InChI is InChI=1S/C16H15FN4O3S/c1-21(2)11-5-8-14(17)13(9-11)16-19-15(20-24-16)10-3-6-12(7-4-10)25(18,22)23/h3-9H,1-2H3,(H2,18,22,23). The topological polar surface area (TPSA) is 102 Å². The molecule has 9 heteroatoms. The third-order valence-corrected chi connectivity index (χ3v) is 4.49. The molecule has 0 unspecified atom stereocenters. The van der Waals surface area contributed by atoms with E-state index in [9.17, 15) is 12.8 Å². The van der Waals surface area contributed by atoms with Gasteiger partial charge in [-0.2, -0.15) is 4.98 Å². The predicted molar refractivity (Wildman–Crippen MR) is 90.8 cm³/mol. The summed E-state index contributed by atoms with van der Waals surface area (Å²) in [6.07, 6.45) is 0. The van der Waals surface area contributed by atoms with Crippen molar-refractivity contribution < 1.29 is 17.3 Å². The Hall–Kier alpha value is -2.78. The van der Waals surface area contributed by atoms with E-state index in [4.69, 9.17) is 9.66 Å². The van der Waals surface area contributed by atoms with Gasteiger partial charge in [0.2, 0.25) is 15.8 Å². The lowest BCUT2D eigenvalue weighted by molar-refractivity contribution is 0.429. The maximum atomic E-state index is 14.1. The van der Waals surface area contributed by atoms with Crippen molar-refractivity contribution in [1.29, 1.82) is 0 Å². The van der Waals surface area contributed by atoms with Gasteiger partial charge in [0.25, 0.3) is 5.89 Å². The first-order valence-electron chi connectivity index (χ1n) is 7.20. The maximum absolute atomic E-state index is 14.1. The molecule has 3 rings (SSSR count). The largest absolute Gasteiger partial charge is 0.378 e. The number of hydrogen-bond acceptors (Lipinski definition) is 6. The fraction of sp³-hybridized carbons (Fsp3) is 0.125. The normalized spacial score (nSPS) is 11.5. The van der Waals surface area contributed by atoms with Gasteiger partial charge in [-0.1, -0.05) is 5.16 Å². The summed E-state index contributed by atoms with van der Waals surface area (Å²) in [4.78, 5) is 5.99. The number of benzene rings is 2. The Balaban J connectivity index is 1.97. The molecule has 0 aliphatic carbocycles. The quantitative estimate of drug-likeness (QED) is 0.764. The van der Waals surface area contributed by atoms with Crippen molar-refractivity contribution in [3.8, 4) is 22.8 Å². The first-order valence-corrected chi connectivity index (χ1v) is 8.74. The van der Waals surface area contributed by atoms with Gasteiger partial charge in [0.05, 0.1) is 10.5 Å². The first kappa shape index (κ1) is 17.1. The molecular weight excluding hydrogens is 347 g/mol. The molecule has 1 heterocycles. The zero-order chi connectivity index (χ0) is 18.2. The van der Waals surface area contributed by atoms with Crippen LogP contribution in [-0.2, 0) is 10.0 Å². The molecule has 0 saturated carbocycles. The third-order valence-electron chi connectivity index (χ3n) is 3.56. The second-order valence-corrected chi connectivity index (χ2v) is 7.11. The molecule has 0 radical (unpaired) electrons. The summed E-state index contributed by atoms with van der Waals surface area (Å²) < 4.78 is 41.8. The molecule has 0 bridgehead atoms. The Bertz CT molecular complexity index is 1010. The van der Waals surface area contributed by atoms with Gasteiger partial charge in [-0.15, -0.1) is 0 Å². The van der Waals surface area contributed by atoms with Crippen LogP contribution in [0.4, 0.5) is 10.1 Å². The van der Waals surface area contributed by atoms with E-state index >= 15 is 0 Å². The minimum atomic E-state index is -3.78. The average Bonchev–Trinajstić information content (AvgIpc) is 3.04. The molecule has 130 valence electrons. The number of halogens is 1. The Labute approximate surface area is 143 Å². The lowest BCUT2D eigenvalue weighted by Crippen LogP contribution is -2.11. The second-order valence-electron chi connectivity index (χ2n) is 5.55. The number of anilines is 1. The number of aromatic nitrogens is 2. The number of rotatable bonds is 4. The van der Waals surface area contributed by atoms with Gasteiger partial charge in [-0.3, -0.25) is 0 Å². The molecule has 25 heavy (non-hydrogen) atoms. The van der Waals surface area contributed by atoms with Gasteiger partial charge in [-0.25, -0.2) is 17.9 Å². The molecule has 1 aromatic heterocycles. The summed E-state index contributed by atoms with van der Waals surface area (Å²) in [5.41, 5.74) is 1.49. The van der Waals surface area contributed by atoms with Crippen LogP contribution in [0.25, 0.3) is 22.8 Å². The van der Waals surface area contributed by atoms with Crippen molar-refractivity contribution in [1.82, 2.24) is 10.1 Å². The van der Waals surface area contributed by atoms with Crippen LogP contribution < -0.4 is 10.0 Å². The van der Waals surface area contributed by atoms with Crippen LogP contribution in [0.5, 0.6) is 0 Å². The molecule has 2 aromatic carbocycles. The fourth-order valence-corrected chi connectivity index (χ4v) is 2.71. The minimum Gasteiger partial charge on any atom is -0.378 e. The molecule has 0 atom stereocenters. The van der Waals surface area contributed by atoms with Crippen molar-refractivity contribution >= 4 is 15.7 Å². The highest BCUT2D eigenvalue weighted by molar-refractivity contribution is 7.89. The van der Waals surface area contributed by atoms with Crippen molar-refractivity contribution in [2.45, 2.75) is 4.90 Å². The summed E-state index contributed by atoms with van der Waals surface area (Å²) in [5.74, 6) is -0.234. The predicted octanol–water partition coefficient (Wildman–Crippen LogP) is 2.26. The second kappa shape index (κ2) is 6.26. The summed E-state index contributed by atoms with van der Waals surface area (Å²) in [6, 6.07) is 10.3. The van der Waals surface area contributed by atoms with Gasteiger partial charge in [0, 0.05) is 25.3 Å². The van der Waals surface area contributed by atoms with Gasteiger partial charge in [-0.05, 0) is 42.5 Å². The van der Waals surface area contributed by atoms with Crippen LogP contribution in [0, 0.1) is 5.82 Å². The highest BCUT2D eigenvalue weighted by Crippen LogP contribution is 2.28. The van der Waals surface area contributed by atoms with Crippen LogP contribution >= 0.6 is 0 Å². The van der Waals surface area contributed by atoms with E-state index in [0.717, 1.165) is 5.69 Å². The van der Waals surface area contributed by atoms with Crippen LogP contribution in [0.1, 0.15) is 0 Å². The van der Waals surface area contributed by atoms with Gasteiger partial charge in [0.15, 0.2) is 0 Å². The van der Waals surface area contributed by atoms with Gasteiger partial charge >= 0.3 is 0 Å². The number of nitrogens with zero attached hydrogens (tertiary/aromatic N) is 3. The van der Waals surface area contributed by atoms with Crippen molar-refractivity contribution in [3.05, 3.63) is 48.3 Å². The summed E-state index contributed by atoms with van der Waals surface area (Å²) >= 11 is 0. The third kappa shape index (κ3) is 3.52. The molecule has 3 aromatic rings. The van der Waals surface area contributed by atoms with Crippen molar-refractivity contribution in [2.24, 2.45) is 5.14 Å². The minimum absolute atomic E-state index is 0.0234. The van der Waals surface area contributed by atoms with E-state index in [1.807, 2.05) is 19.0 Å². The molecule has 0 fully saturated rings. The van der Waals surface area contributed by atoms with Gasteiger partial charge < -0.3 is 9.42 Å². The average molecular weight is 362 g/mol. The molecular formula is C16H15FN4O3S. The Morgan fingerprint density at radius 2 is 1.80 bits per heavy atom. The molecule has 7 nitrogen and oxygen atoms in total. The van der Waals surface area contributed by atoms with Crippen LogP contribution in [0.2, 0.25) is 0 Å². The Kier molecular flexibility index (Phi) is 4.27. The van der Waals surface area contributed by atoms with Crippen molar-refractivity contribution in [3.63, 3.8) is 0 Å². The molecule has 0 aliphatic rings. The fourth-order valence-electron chi connectivity index (χ4n) is 2.20. The van der Waals surface area contributed by atoms with Crippen molar-refractivity contribution in [2.75, 3.05) is 19.0 Å². The van der Waals surface area contributed by atoms with Crippen LogP contribution in [0.3, 0.4) is 0 Å². The number of primary sulfonamides is 1. The SMILES string of the molecule is CN(C)c1ccc(F)c(-c2nc(-c3ccc(S(N)(=O)=O)cc3)no2)c1. The molecule has 0 saturated heterocycles. The molecule has 0 aliphatic heterocycles. The maximum Gasteiger partial charge on any atom is 0.261 e. The van der Waals surface area contributed by atoms with E-state index < -0.39 is 15.8 Å². The molecule has 2 N–H and O–H groups in total. The Morgan fingerprint density at radius 3 is 2.40 bits per heavy atom. The van der Waals surface area contributed by atoms with Crippen LogP contribution in [-0.4, -0.2) is 32.7 Å². The number of nitrogens with two attached hydrogens (primary N) is 1. The zero-order valence-corrected chi connectivity index (χ0v) is 14.3. The zero-order valence-electron chi connectivity index (χ0n) is 13.5. The summed E-state index contributed by atoms with van der Waals surface area (Å²) in [6.45, 7) is 0. The highest BCUT2D eigenvalue weighted by Gasteiger charge is 2.16. The molecule has 0 amide bonds. The summed E-state index contributed by atoms with van der Waals surface area (Å²) in [5, 5.41) is 8.88. The molecule has 0 spiro atoms. The highest BCUT2D eigenvalue weighted by atomic mass is 32.2. The summed E-state index contributed by atoms with van der Waals surface area (Å²) in [7, 11) is -0.103. The van der Waals surface area contributed by atoms with E-state index in [2.05, 4.69) is 10.1 Å². The first-order chi connectivity index (χ1) is 11.8. The smallest absolute Gasteiger partial charge is 0.261 e. The van der Waals surface area contributed by atoms with E-state index in [-0.39, 0.29) is 22.2 Å². The Morgan fingerprint density at radius 1 is 1.12 bits per heavy atom. The lowest BCUT2D eigenvalue weighted by atomic mass is 10.1. The van der Waals surface area contributed by atoms with E-state index in [1.54, 1.807) is 12.1 Å². The van der Waals surface area contributed by atoms with Gasteiger partial charge in [0.1, 0.15) is 5.82 Å². The number of sulfonamides is 1. The lowest BCUT2D eigenvalue weighted by Gasteiger charge is -2.12. The monoisotopic (exact) mass is 362 g/mol. The number of hydrogen-bond donors (Lipinski definition) is 1. The van der Waals surface area contributed by atoms with Crippen LogP contribution in [0.15, 0.2) is 51.9 Å². The van der Waals surface area contributed by atoms with E-state index in [1.165, 1.54) is 30.3 Å².